The zero-order chi connectivity index (χ0) is 15.9. The predicted octanol–water partition coefficient (Wildman–Crippen LogP) is 2.71. The van der Waals surface area contributed by atoms with Crippen LogP contribution in [0.15, 0.2) is 24.3 Å². The minimum atomic E-state index is -0.905. The summed E-state index contributed by atoms with van der Waals surface area (Å²) in [5, 5.41) is 2.74. The number of amides is 1. The minimum absolute atomic E-state index is 0.247. The van der Waals surface area contributed by atoms with Gasteiger partial charge in [-0.15, -0.1) is 0 Å². The summed E-state index contributed by atoms with van der Waals surface area (Å²) < 4.78 is 5.11. The Bertz CT molecular complexity index is 481. The summed E-state index contributed by atoms with van der Waals surface area (Å²) in [6.07, 6.45) is 2.38. The number of anilines is 1. The third kappa shape index (κ3) is 5.19. The second-order valence-corrected chi connectivity index (χ2v) is 5.29. The quantitative estimate of drug-likeness (QED) is 0.598. The molecule has 0 heterocycles. The van der Waals surface area contributed by atoms with E-state index in [1.54, 1.807) is 31.2 Å². The smallest absolute Gasteiger partial charge is 0.338 e. The van der Waals surface area contributed by atoms with E-state index in [0.717, 1.165) is 12.8 Å². The largest absolute Gasteiger partial charge is 0.462 e. The Labute approximate surface area is 125 Å². The number of benzene rings is 1. The maximum atomic E-state index is 11.9. The van der Waals surface area contributed by atoms with Gasteiger partial charge in [-0.2, -0.15) is 0 Å². The molecule has 0 spiro atoms. The molecule has 116 valence electrons. The molecular formula is C16H24N2O3. The Hall–Kier alpha value is -1.88. The summed E-state index contributed by atoms with van der Waals surface area (Å²) in [5.41, 5.74) is 6.04. The van der Waals surface area contributed by atoms with E-state index in [9.17, 15) is 9.59 Å². The van der Waals surface area contributed by atoms with E-state index in [1.165, 1.54) is 0 Å². The number of ether oxygens (including phenoxy) is 1. The number of carbonyl (C=O) groups is 2. The van der Waals surface area contributed by atoms with E-state index in [-0.39, 0.29) is 11.9 Å². The van der Waals surface area contributed by atoms with Crippen LogP contribution < -0.4 is 11.1 Å². The van der Waals surface area contributed by atoms with Crippen LogP contribution in [0.1, 0.15) is 50.4 Å². The summed E-state index contributed by atoms with van der Waals surface area (Å²) in [4.78, 5) is 23.7. The molecule has 5 heteroatoms. The summed E-state index contributed by atoms with van der Waals surface area (Å²) in [5.74, 6) is -0.596. The van der Waals surface area contributed by atoms with E-state index < -0.39 is 5.54 Å². The van der Waals surface area contributed by atoms with E-state index in [1.807, 2.05) is 13.8 Å². The highest BCUT2D eigenvalue weighted by molar-refractivity contribution is 5.98. The molecule has 0 bridgehead atoms. The number of nitrogens with two attached hydrogens (primary N) is 1. The van der Waals surface area contributed by atoms with Gasteiger partial charge in [0.15, 0.2) is 0 Å². The molecule has 3 N–H and O–H groups in total. The van der Waals surface area contributed by atoms with Gasteiger partial charge in [0.1, 0.15) is 0 Å². The molecule has 1 amide bonds. The Kier molecular flexibility index (Phi) is 6.37. The van der Waals surface area contributed by atoms with Gasteiger partial charge in [-0.3, -0.25) is 4.79 Å². The zero-order valence-electron chi connectivity index (χ0n) is 12.9. The molecule has 1 atom stereocenters. The number of nitrogens with one attached hydrogen (secondary N) is 1. The normalized spacial score (nSPS) is 13.3. The number of esters is 1. The first kappa shape index (κ1) is 17.2. The van der Waals surface area contributed by atoms with Gasteiger partial charge in [0.25, 0.3) is 0 Å². The molecule has 0 aromatic heterocycles. The topological polar surface area (TPSA) is 81.4 Å². The molecule has 1 rings (SSSR count). The molecule has 0 saturated carbocycles. The Morgan fingerprint density at radius 1 is 1.24 bits per heavy atom. The van der Waals surface area contributed by atoms with Crippen LogP contribution in [0.3, 0.4) is 0 Å². The lowest BCUT2D eigenvalue weighted by atomic mass is 9.99. The van der Waals surface area contributed by atoms with Gasteiger partial charge in [-0.1, -0.05) is 20.3 Å². The highest BCUT2D eigenvalue weighted by Crippen LogP contribution is 2.14. The molecule has 0 saturated heterocycles. The van der Waals surface area contributed by atoms with E-state index in [0.29, 0.717) is 24.3 Å². The molecule has 0 radical (unpaired) electrons. The monoisotopic (exact) mass is 292 g/mol. The average molecular weight is 292 g/mol. The van der Waals surface area contributed by atoms with Crippen LogP contribution >= 0.6 is 0 Å². The van der Waals surface area contributed by atoms with Crippen LogP contribution in [0.2, 0.25) is 0 Å². The molecule has 0 fully saturated rings. The van der Waals surface area contributed by atoms with Gasteiger partial charge in [-0.25, -0.2) is 4.79 Å². The van der Waals surface area contributed by atoms with Crippen molar-refractivity contribution in [2.75, 3.05) is 11.9 Å². The lowest BCUT2D eigenvalue weighted by Gasteiger charge is -2.21. The molecule has 0 aliphatic rings. The number of rotatable bonds is 7. The van der Waals surface area contributed by atoms with Crippen LogP contribution in [0, 0.1) is 0 Å². The Balaban J connectivity index is 2.62. The Morgan fingerprint density at radius 3 is 2.38 bits per heavy atom. The third-order valence-electron chi connectivity index (χ3n) is 3.36. The standard InChI is InChI=1S/C16H24N2O3/c1-4-6-11-21-14(19)12-7-9-13(10-8-12)18-15(20)16(3,17)5-2/h7-10H,4-6,11,17H2,1-3H3,(H,18,20). The zero-order valence-corrected chi connectivity index (χ0v) is 12.9. The van der Waals surface area contributed by atoms with Crippen molar-refractivity contribution in [3.8, 4) is 0 Å². The lowest BCUT2D eigenvalue weighted by molar-refractivity contribution is -0.120. The Morgan fingerprint density at radius 2 is 1.86 bits per heavy atom. The van der Waals surface area contributed by atoms with Crippen molar-refractivity contribution in [3.63, 3.8) is 0 Å². The number of unbranched alkanes of at least 4 members (excludes halogenated alkanes) is 1. The van der Waals surface area contributed by atoms with E-state index in [2.05, 4.69) is 5.32 Å². The number of hydrogen-bond donors (Lipinski definition) is 2. The fourth-order valence-corrected chi connectivity index (χ4v) is 1.52. The van der Waals surface area contributed by atoms with Crippen molar-refractivity contribution in [2.45, 2.75) is 45.6 Å². The van der Waals surface area contributed by atoms with E-state index >= 15 is 0 Å². The fraction of sp³-hybridized carbons (Fsp3) is 0.500. The second kappa shape index (κ2) is 7.78. The number of carbonyl (C=O) groups excluding carboxylic acids is 2. The molecule has 1 aromatic carbocycles. The van der Waals surface area contributed by atoms with E-state index in [4.69, 9.17) is 10.5 Å². The first-order valence-electron chi connectivity index (χ1n) is 7.28. The maximum Gasteiger partial charge on any atom is 0.338 e. The third-order valence-corrected chi connectivity index (χ3v) is 3.36. The average Bonchev–Trinajstić information content (AvgIpc) is 2.48. The summed E-state index contributed by atoms with van der Waals surface area (Å²) in [6, 6.07) is 6.59. The first-order valence-corrected chi connectivity index (χ1v) is 7.28. The van der Waals surface area contributed by atoms with Gasteiger partial charge in [0, 0.05) is 5.69 Å². The van der Waals surface area contributed by atoms with Crippen LogP contribution in [0.5, 0.6) is 0 Å². The van der Waals surface area contributed by atoms with Crippen LogP contribution in [0.25, 0.3) is 0 Å². The van der Waals surface area contributed by atoms with Gasteiger partial charge in [0.05, 0.1) is 17.7 Å². The van der Waals surface area contributed by atoms with Crippen molar-refractivity contribution < 1.29 is 14.3 Å². The SMILES string of the molecule is CCCCOC(=O)c1ccc(NC(=O)C(C)(N)CC)cc1. The molecule has 5 nitrogen and oxygen atoms in total. The maximum absolute atomic E-state index is 11.9. The molecule has 1 unspecified atom stereocenters. The minimum Gasteiger partial charge on any atom is -0.462 e. The van der Waals surface area contributed by atoms with Crippen LogP contribution in [0.4, 0.5) is 5.69 Å². The van der Waals surface area contributed by atoms with Crippen LogP contribution in [-0.2, 0) is 9.53 Å². The van der Waals surface area contributed by atoms with Crippen LogP contribution in [-0.4, -0.2) is 24.0 Å². The second-order valence-electron chi connectivity index (χ2n) is 5.29. The summed E-state index contributed by atoms with van der Waals surface area (Å²) in [6.45, 7) is 6.00. The molecule has 21 heavy (non-hydrogen) atoms. The van der Waals surface area contributed by atoms with Gasteiger partial charge in [-0.05, 0) is 44.0 Å². The van der Waals surface area contributed by atoms with Gasteiger partial charge in [0.2, 0.25) is 5.91 Å². The van der Waals surface area contributed by atoms with Gasteiger partial charge < -0.3 is 15.8 Å². The van der Waals surface area contributed by atoms with Crippen molar-refractivity contribution in [3.05, 3.63) is 29.8 Å². The van der Waals surface area contributed by atoms with Crippen molar-refractivity contribution in [1.29, 1.82) is 0 Å². The molecule has 0 aliphatic carbocycles. The molecule has 0 aliphatic heterocycles. The fourth-order valence-electron chi connectivity index (χ4n) is 1.52. The molecular weight excluding hydrogens is 268 g/mol. The molecule has 1 aromatic rings. The highest BCUT2D eigenvalue weighted by Gasteiger charge is 2.25. The van der Waals surface area contributed by atoms with Crippen molar-refractivity contribution in [2.24, 2.45) is 5.73 Å². The summed E-state index contributed by atoms with van der Waals surface area (Å²) >= 11 is 0. The lowest BCUT2D eigenvalue weighted by Crippen LogP contribution is -2.47. The van der Waals surface area contributed by atoms with Gasteiger partial charge >= 0.3 is 5.97 Å². The summed E-state index contributed by atoms with van der Waals surface area (Å²) in [7, 11) is 0. The number of hydrogen-bond acceptors (Lipinski definition) is 4. The predicted molar refractivity (Wildman–Crippen MR) is 83.1 cm³/mol. The van der Waals surface area contributed by atoms with Crippen molar-refractivity contribution in [1.82, 2.24) is 0 Å². The van der Waals surface area contributed by atoms with Crippen molar-refractivity contribution >= 4 is 17.6 Å². The first-order chi connectivity index (χ1) is 9.90. The highest BCUT2D eigenvalue weighted by atomic mass is 16.5.